The van der Waals surface area contributed by atoms with Gasteiger partial charge in [0.25, 0.3) is 5.91 Å². The number of benzene rings is 1. The number of anilines is 1. The molecule has 1 N–H and O–H groups in total. The molecular formula is C19H15F3N4O2S. The van der Waals surface area contributed by atoms with Crippen molar-refractivity contribution in [1.82, 2.24) is 14.8 Å². The maximum atomic E-state index is 13.0. The number of amides is 1. The van der Waals surface area contributed by atoms with Crippen molar-refractivity contribution in [1.29, 1.82) is 0 Å². The van der Waals surface area contributed by atoms with Crippen LogP contribution in [0.2, 0.25) is 0 Å². The topological polar surface area (TPSA) is 76.9 Å². The predicted octanol–water partition coefficient (Wildman–Crippen LogP) is 3.93. The first-order valence-corrected chi connectivity index (χ1v) is 9.51. The van der Waals surface area contributed by atoms with Crippen LogP contribution in [0, 0.1) is 6.92 Å². The molecule has 0 aliphatic carbocycles. The number of carbonyl (C=O) groups excluding carboxylic acids is 1. The standard InChI is InChI=1S/C19H15F3N4O2S/c1-11-8-15(27)17(18(28)24-13-6-7-16(29-2)23-10-13)25-26(11)14-5-3-4-12(9-14)19(20,21)22/h3-10H,1-2H3,(H,24,28). The molecule has 0 fully saturated rings. The van der Waals surface area contributed by atoms with Crippen molar-refractivity contribution in [2.24, 2.45) is 0 Å². The molecule has 2 heterocycles. The number of alkyl halides is 3. The number of hydrogen-bond acceptors (Lipinski definition) is 5. The van der Waals surface area contributed by atoms with Crippen LogP contribution < -0.4 is 10.7 Å². The normalized spacial score (nSPS) is 11.3. The summed E-state index contributed by atoms with van der Waals surface area (Å²) in [5.74, 6) is -0.783. The van der Waals surface area contributed by atoms with Gasteiger partial charge in [0.1, 0.15) is 0 Å². The van der Waals surface area contributed by atoms with Crippen molar-refractivity contribution in [2.45, 2.75) is 18.1 Å². The fourth-order valence-electron chi connectivity index (χ4n) is 2.55. The van der Waals surface area contributed by atoms with Gasteiger partial charge in [-0.2, -0.15) is 18.3 Å². The van der Waals surface area contributed by atoms with Gasteiger partial charge < -0.3 is 5.32 Å². The molecule has 1 aromatic carbocycles. The lowest BCUT2D eigenvalue weighted by Gasteiger charge is -2.13. The minimum Gasteiger partial charge on any atom is -0.319 e. The summed E-state index contributed by atoms with van der Waals surface area (Å²) in [5, 5.41) is 7.27. The first-order chi connectivity index (χ1) is 13.7. The summed E-state index contributed by atoms with van der Waals surface area (Å²) in [5.41, 5.74) is -1.21. The number of nitrogens with zero attached hydrogens (tertiary/aromatic N) is 3. The molecule has 29 heavy (non-hydrogen) atoms. The highest BCUT2D eigenvalue weighted by Crippen LogP contribution is 2.30. The third kappa shape index (κ3) is 4.65. The maximum absolute atomic E-state index is 13.0. The molecule has 0 saturated heterocycles. The fraction of sp³-hybridized carbons (Fsp3) is 0.158. The van der Waals surface area contributed by atoms with Crippen LogP contribution in [0.3, 0.4) is 0 Å². The number of thioether (sulfide) groups is 1. The van der Waals surface area contributed by atoms with E-state index in [1.165, 1.54) is 37.0 Å². The summed E-state index contributed by atoms with van der Waals surface area (Å²) in [6.45, 7) is 1.52. The average Bonchev–Trinajstić information content (AvgIpc) is 2.68. The number of nitrogens with one attached hydrogen (secondary N) is 1. The van der Waals surface area contributed by atoms with Gasteiger partial charge in [0.2, 0.25) is 5.43 Å². The molecule has 0 unspecified atom stereocenters. The number of halogens is 3. The molecule has 0 spiro atoms. The molecule has 0 atom stereocenters. The van der Waals surface area contributed by atoms with Crippen LogP contribution in [-0.2, 0) is 6.18 Å². The van der Waals surface area contributed by atoms with E-state index in [0.29, 0.717) is 5.69 Å². The van der Waals surface area contributed by atoms with Crippen LogP contribution in [0.15, 0.2) is 58.5 Å². The van der Waals surface area contributed by atoms with Gasteiger partial charge in [-0.05, 0) is 43.5 Å². The van der Waals surface area contributed by atoms with Gasteiger partial charge in [0.15, 0.2) is 5.69 Å². The van der Waals surface area contributed by atoms with Crippen molar-refractivity contribution in [3.05, 3.63) is 75.8 Å². The van der Waals surface area contributed by atoms with Crippen molar-refractivity contribution in [2.75, 3.05) is 11.6 Å². The van der Waals surface area contributed by atoms with Crippen LogP contribution in [0.1, 0.15) is 21.7 Å². The molecule has 3 rings (SSSR count). The van der Waals surface area contributed by atoms with Crippen LogP contribution >= 0.6 is 11.8 Å². The van der Waals surface area contributed by atoms with Crippen LogP contribution in [0.25, 0.3) is 5.69 Å². The zero-order valence-corrected chi connectivity index (χ0v) is 16.1. The highest BCUT2D eigenvalue weighted by Gasteiger charge is 2.30. The number of carbonyl (C=O) groups is 1. The van der Waals surface area contributed by atoms with Crippen molar-refractivity contribution in [3.63, 3.8) is 0 Å². The maximum Gasteiger partial charge on any atom is 0.416 e. The Morgan fingerprint density at radius 1 is 1.17 bits per heavy atom. The van der Waals surface area contributed by atoms with E-state index in [-0.39, 0.29) is 11.4 Å². The van der Waals surface area contributed by atoms with E-state index < -0.39 is 28.8 Å². The quantitative estimate of drug-likeness (QED) is 0.648. The molecule has 3 aromatic rings. The summed E-state index contributed by atoms with van der Waals surface area (Å²) >= 11 is 1.43. The molecule has 2 aromatic heterocycles. The van der Waals surface area contributed by atoms with Crippen LogP contribution in [0.4, 0.5) is 18.9 Å². The second kappa shape index (κ2) is 8.08. The van der Waals surface area contributed by atoms with Crippen LogP contribution in [-0.4, -0.2) is 26.9 Å². The Morgan fingerprint density at radius 2 is 1.93 bits per heavy atom. The highest BCUT2D eigenvalue weighted by molar-refractivity contribution is 7.98. The zero-order chi connectivity index (χ0) is 21.2. The van der Waals surface area contributed by atoms with E-state index in [9.17, 15) is 22.8 Å². The molecule has 6 nitrogen and oxygen atoms in total. The Morgan fingerprint density at radius 3 is 2.55 bits per heavy atom. The molecule has 10 heteroatoms. The third-order valence-electron chi connectivity index (χ3n) is 3.94. The molecule has 0 aliphatic heterocycles. The number of pyridine rings is 1. The van der Waals surface area contributed by atoms with Crippen molar-refractivity contribution < 1.29 is 18.0 Å². The van der Waals surface area contributed by atoms with E-state index in [4.69, 9.17) is 0 Å². The Bertz CT molecular complexity index is 1110. The predicted molar refractivity (Wildman–Crippen MR) is 104 cm³/mol. The number of rotatable bonds is 4. The van der Waals surface area contributed by atoms with E-state index in [1.807, 2.05) is 6.26 Å². The average molecular weight is 420 g/mol. The molecule has 0 aliphatic rings. The molecular weight excluding hydrogens is 405 g/mol. The smallest absolute Gasteiger partial charge is 0.319 e. The van der Waals surface area contributed by atoms with Crippen molar-refractivity contribution in [3.8, 4) is 5.69 Å². The Balaban J connectivity index is 1.97. The SMILES string of the molecule is CSc1ccc(NC(=O)c2nn(-c3cccc(C(F)(F)F)c3)c(C)cc2=O)cn1. The molecule has 1 amide bonds. The number of aryl methyl sites for hydroxylation is 1. The highest BCUT2D eigenvalue weighted by atomic mass is 32.2. The van der Waals surface area contributed by atoms with Gasteiger partial charge in [0, 0.05) is 11.8 Å². The fourth-order valence-corrected chi connectivity index (χ4v) is 2.91. The second-order valence-electron chi connectivity index (χ2n) is 6.00. The number of hydrogen-bond donors (Lipinski definition) is 1. The summed E-state index contributed by atoms with van der Waals surface area (Å²) in [4.78, 5) is 28.9. The van der Waals surface area contributed by atoms with E-state index in [2.05, 4.69) is 15.4 Å². The lowest BCUT2D eigenvalue weighted by molar-refractivity contribution is -0.137. The Kier molecular flexibility index (Phi) is 5.73. The largest absolute Gasteiger partial charge is 0.416 e. The minimum atomic E-state index is -4.53. The molecule has 0 radical (unpaired) electrons. The summed E-state index contributed by atoms with van der Waals surface area (Å²) in [6.07, 6.45) is -1.24. The molecule has 150 valence electrons. The first-order valence-electron chi connectivity index (χ1n) is 8.29. The van der Waals surface area contributed by atoms with Gasteiger partial charge in [-0.15, -0.1) is 11.8 Å². The van der Waals surface area contributed by atoms with Gasteiger partial charge in [-0.25, -0.2) is 9.67 Å². The van der Waals surface area contributed by atoms with Gasteiger partial charge in [-0.3, -0.25) is 9.59 Å². The lowest BCUT2D eigenvalue weighted by Crippen LogP contribution is -2.27. The van der Waals surface area contributed by atoms with Gasteiger partial charge >= 0.3 is 6.18 Å². The summed E-state index contributed by atoms with van der Waals surface area (Å²) in [6, 6.07) is 8.94. The van der Waals surface area contributed by atoms with Gasteiger partial charge in [-0.1, -0.05) is 6.07 Å². The summed E-state index contributed by atoms with van der Waals surface area (Å²) < 4.78 is 40.1. The van der Waals surface area contributed by atoms with Crippen molar-refractivity contribution >= 4 is 23.4 Å². The monoisotopic (exact) mass is 420 g/mol. The van der Waals surface area contributed by atoms with Crippen LogP contribution in [0.5, 0.6) is 0 Å². The Hall–Kier alpha value is -3.14. The first kappa shape index (κ1) is 20.6. The van der Waals surface area contributed by atoms with E-state index in [0.717, 1.165) is 27.9 Å². The minimum absolute atomic E-state index is 0.0809. The molecule has 0 bridgehead atoms. The second-order valence-corrected chi connectivity index (χ2v) is 6.83. The van der Waals surface area contributed by atoms with Gasteiger partial charge in [0.05, 0.1) is 28.2 Å². The number of aromatic nitrogens is 3. The van der Waals surface area contributed by atoms with E-state index >= 15 is 0 Å². The lowest BCUT2D eigenvalue weighted by atomic mass is 10.2. The third-order valence-corrected chi connectivity index (χ3v) is 4.60. The summed E-state index contributed by atoms with van der Waals surface area (Å²) in [7, 11) is 0. The van der Waals surface area contributed by atoms with E-state index in [1.54, 1.807) is 12.1 Å². The Labute approximate surface area is 167 Å². The molecule has 0 saturated carbocycles. The zero-order valence-electron chi connectivity index (χ0n) is 15.3.